The molecule has 8 nitrogen and oxygen atoms in total. The number of ether oxygens (including phenoxy) is 1. The zero-order valence-corrected chi connectivity index (χ0v) is 15.1. The highest BCUT2D eigenvalue weighted by Crippen LogP contribution is 2.28. The van der Waals surface area contributed by atoms with Crippen molar-refractivity contribution in [2.45, 2.75) is 0 Å². The van der Waals surface area contributed by atoms with Gasteiger partial charge in [-0.25, -0.2) is 15.0 Å². The molecule has 9 heteroatoms. The number of nitrogens with zero attached hydrogens (tertiary/aromatic N) is 3. The van der Waals surface area contributed by atoms with Gasteiger partial charge in [0, 0.05) is 12.4 Å². The highest BCUT2D eigenvalue weighted by atomic mass is 32.1. The number of hydrogen-bond donors (Lipinski definition) is 2. The highest BCUT2D eigenvalue weighted by Gasteiger charge is 2.18. The fourth-order valence-corrected chi connectivity index (χ4v) is 3.30. The molecule has 0 aliphatic rings. The molecule has 0 radical (unpaired) electrons. The first-order valence-corrected chi connectivity index (χ1v) is 8.98. The molecule has 138 valence electrons. The van der Waals surface area contributed by atoms with Crippen molar-refractivity contribution in [3.8, 4) is 11.6 Å². The molecule has 0 saturated carbocycles. The Hall–Kier alpha value is -3.85. The lowest BCUT2D eigenvalue weighted by Crippen LogP contribution is -2.15. The average Bonchev–Trinajstić information content (AvgIpc) is 3.11. The van der Waals surface area contributed by atoms with Crippen LogP contribution < -0.4 is 15.8 Å². The van der Waals surface area contributed by atoms with Gasteiger partial charge in [0.05, 0.1) is 5.56 Å². The van der Waals surface area contributed by atoms with Crippen LogP contribution in [0.25, 0.3) is 10.3 Å². The molecule has 0 unspecified atom stereocenters. The van der Waals surface area contributed by atoms with E-state index in [-0.39, 0.29) is 22.8 Å². The molecule has 3 heterocycles. The Labute approximate surface area is 163 Å². The van der Waals surface area contributed by atoms with Crippen molar-refractivity contribution in [1.82, 2.24) is 15.0 Å². The van der Waals surface area contributed by atoms with Crippen LogP contribution >= 0.6 is 11.3 Å². The zero-order chi connectivity index (χ0) is 19.5. The minimum Gasteiger partial charge on any atom is -0.437 e. The van der Waals surface area contributed by atoms with E-state index < -0.39 is 11.8 Å². The summed E-state index contributed by atoms with van der Waals surface area (Å²) < 4.78 is 5.72. The van der Waals surface area contributed by atoms with Gasteiger partial charge in [-0.1, -0.05) is 23.5 Å². The number of benzene rings is 1. The third-order valence-electron chi connectivity index (χ3n) is 3.76. The summed E-state index contributed by atoms with van der Waals surface area (Å²) in [6.45, 7) is 0. The molecule has 0 fully saturated rings. The Kier molecular flexibility index (Phi) is 4.65. The van der Waals surface area contributed by atoms with Gasteiger partial charge in [-0.05, 0) is 36.4 Å². The predicted molar refractivity (Wildman–Crippen MR) is 105 cm³/mol. The van der Waals surface area contributed by atoms with Crippen molar-refractivity contribution < 1.29 is 14.3 Å². The molecular formula is C19H13N5O3S. The molecule has 1 aromatic carbocycles. The lowest BCUT2D eigenvalue weighted by atomic mass is 10.2. The smallest absolute Gasteiger partial charge is 0.262 e. The van der Waals surface area contributed by atoms with E-state index in [1.165, 1.54) is 23.6 Å². The highest BCUT2D eigenvalue weighted by molar-refractivity contribution is 7.21. The Morgan fingerprint density at radius 3 is 2.54 bits per heavy atom. The van der Waals surface area contributed by atoms with Gasteiger partial charge in [0.2, 0.25) is 5.88 Å². The lowest BCUT2D eigenvalue weighted by molar-refractivity contribution is 0.0997. The van der Waals surface area contributed by atoms with Gasteiger partial charge in [-0.3, -0.25) is 14.9 Å². The average molecular weight is 391 g/mol. The minimum atomic E-state index is -0.639. The minimum absolute atomic E-state index is 0.0490. The SMILES string of the molecule is NC(=O)c1ccccc1Oc1ncccc1C(=O)Nc1nc2cccnc2s1. The molecule has 4 rings (SSSR count). The van der Waals surface area contributed by atoms with Crippen LogP contribution in [0, 0.1) is 0 Å². The lowest BCUT2D eigenvalue weighted by Gasteiger charge is -2.11. The van der Waals surface area contributed by atoms with E-state index in [0.717, 1.165) is 4.83 Å². The molecule has 4 aromatic rings. The monoisotopic (exact) mass is 391 g/mol. The van der Waals surface area contributed by atoms with Crippen molar-refractivity contribution in [2.24, 2.45) is 5.73 Å². The third-order valence-corrected chi connectivity index (χ3v) is 4.66. The van der Waals surface area contributed by atoms with Gasteiger partial charge >= 0.3 is 0 Å². The number of rotatable bonds is 5. The van der Waals surface area contributed by atoms with Crippen molar-refractivity contribution in [3.63, 3.8) is 0 Å². The maximum absolute atomic E-state index is 12.7. The van der Waals surface area contributed by atoms with Gasteiger partial charge in [0.25, 0.3) is 11.8 Å². The van der Waals surface area contributed by atoms with Crippen LogP contribution in [0.15, 0.2) is 60.9 Å². The summed E-state index contributed by atoms with van der Waals surface area (Å²) >= 11 is 1.26. The van der Waals surface area contributed by atoms with Gasteiger partial charge in [-0.15, -0.1) is 0 Å². The molecule has 0 aliphatic carbocycles. The van der Waals surface area contributed by atoms with Crippen molar-refractivity contribution in [3.05, 3.63) is 72.1 Å². The predicted octanol–water partition coefficient (Wildman–Crippen LogP) is 3.23. The number of pyridine rings is 2. The van der Waals surface area contributed by atoms with Crippen LogP contribution in [0.1, 0.15) is 20.7 Å². The third kappa shape index (κ3) is 3.51. The van der Waals surface area contributed by atoms with Crippen molar-refractivity contribution >= 4 is 38.6 Å². The van der Waals surface area contributed by atoms with E-state index in [0.29, 0.717) is 10.6 Å². The summed E-state index contributed by atoms with van der Waals surface area (Å²) in [5, 5.41) is 3.14. The summed E-state index contributed by atoms with van der Waals surface area (Å²) in [4.78, 5) is 37.7. The summed E-state index contributed by atoms with van der Waals surface area (Å²) in [5.41, 5.74) is 6.45. The number of aromatic nitrogens is 3. The first kappa shape index (κ1) is 17.6. The number of nitrogens with two attached hydrogens (primary N) is 1. The maximum atomic E-state index is 12.7. The number of hydrogen-bond acceptors (Lipinski definition) is 7. The van der Waals surface area contributed by atoms with E-state index in [1.54, 1.807) is 42.6 Å². The Morgan fingerprint density at radius 2 is 1.71 bits per heavy atom. The zero-order valence-electron chi connectivity index (χ0n) is 14.3. The standard InChI is InChI=1S/C19H13N5O3S/c20-15(25)11-5-1-2-8-14(11)27-17-12(6-3-9-21-17)16(26)24-19-23-13-7-4-10-22-18(13)28-19/h1-10H,(H2,20,25)(H,23,24,26). The van der Waals surface area contributed by atoms with Crippen LogP contribution in [-0.2, 0) is 0 Å². The van der Waals surface area contributed by atoms with Crippen LogP contribution in [0.2, 0.25) is 0 Å². The number of nitrogens with one attached hydrogen (secondary N) is 1. The van der Waals surface area contributed by atoms with Crippen LogP contribution in [-0.4, -0.2) is 26.8 Å². The first-order chi connectivity index (χ1) is 13.6. The Bertz CT molecular complexity index is 1160. The fraction of sp³-hybridized carbons (Fsp3) is 0. The molecule has 3 N–H and O–H groups in total. The van der Waals surface area contributed by atoms with Crippen LogP contribution in [0.3, 0.4) is 0 Å². The second kappa shape index (κ2) is 7.41. The fourth-order valence-electron chi connectivity index (χ4n) is 2.50. The molecule has 0 spiro atoms. The quantitative estimate of drug-likeness (QED) is 0.539. The van der Waals surface area contributed by atoms with E-state index in [4.69, 9.17) is 10.5 Å². The van der Waals surface area contributed by atoms with E-state index in [9.17, 15) is 9.59 Å². The Balaban J connectivity index is 1.62. The van der Waals surface area contributed by atoms with Gasteiger partial charge in [-0.2, -0.15) is 0 Å². The molecular weight excluding hydrogens is 378 g/mol. The number of thiazole rings is 1. The van der Waals surface area contributed by atoms with E-state index >= 15 is 0 Å². The van der Waals surface area contributed by atoms with E-state index in [1.807, 2.05) is 6.07 Å². The van der Waals surface area contributed by atoms with Gasteiger partial charge in [0.1, 0.15) is 21.7 Å². The van der Waals surface area contributed by atoms with E-state index in [2.05, 4.69) is 20.3 Å². The summed E-state index contributed by atoms with van der Waals surface area (Å²) in [6.07, 6.45) is 3.15. The van der Waals surface area contributed by atoms with Gasteiger partial charge < -0.3 is 10.5 Å². The van der Waals surface area contributed by atoms with Crippen LogP contribution in [0.4, 0.5) is 5.13 Å². The topological polar surface area (TPSA) is 120 Å². The number of para-hydroxylation sites is 1. The molecule has 0 atom stereocenters. The maximum Gasteiger partial charge on any atom is 0.262 e. The molecule has 0 bridgehead atoms. The molecule has 2 amide bonds. The molecule has 3 aromatic heterocycles. The number of primary amides is 1. The summed E-state index contributed by atoms with van der Waals surface area (Å²) in [5.74, 6) is -0.821. The molecule has 0 aliphatic heterocycles. The number of carbonyl (C=O) groups is 2. The first-order valence-electron chi connectivity index (χ1n) is 8.16. The normalized spacial score (nSPS) is 10.6. The second-order valence-corrected chi connectivity index (χ2v) is 6.60. The number of fused-ring (bicyclic) bond motifs is 1. The summed E-state index contributed by atoms with van der Waals surface area (Å²) in [6, 6.07) is 13.2. The number of amides is 2. The largest absolute Gasteiger partial charge is 0.437 e. The molecule has 28 heavy (non-hydrogen) atoms. The van der Waals surface area contributed by atoms with Crippen LogP contribution in [0.5, 0.6) is 11.6 Å². The van der Waals surface area contributed by atoms with Crippen molar-refractivity contribution in [2.75, 3.05) is 5.32 Å². The number of carbonyl (C=O) groups excluding carboxylic acids is 2. The number of anilines is 1. The second-order valence-electron chi connectivity index (χ2n) is 5.62. The molecule has 0 saturated heterocycles. The van der Waals surface area contributed by atoms with Crippen molar-refractivity contribution in [1.29, 1.82) is 0 Å². The summed E-state index contributed by atoms with van der Waals surface area (Å²) in [7, 11) is 0. The Morgan fingerprint density at radius 1 is 0.964 bits per heavy atom. The van der Waals surface area contributed by atoms with Gasteiger partial charge in [0.15, 0.2) is 5.13 Å².